The Bertz CT molecular complexity index is 662. The number of carbonyl (C=O) groups excluding carboxylic acids is 1. The molecule has 2 rings (SSSR count). The quantitative estimate of drug-likeness (QED) is 0.603. The van der Waals surface area contributed by atoms with Crippen molar-refractivity contribution in [3.8, 4) is 6.07 Å². The third-order valence-electron chi connectivity index (χ3n) is 2.65. The molecule has 21 heavy (non-hydrogen) atoms. The summed E-state index contributed by atoms with van der Waals surface area (Å²) in [5.74, 6) is 0.435. The summed E-state index contributed by atoms with van der Waals surface area (Å²) < 4.78 is 5.79. The van der Waals surface area contributed by atoms with E-state index in [1.807, 2.05) is 29.6 Å². The van der Waals surface area contributed by atoms with Crippen LogP contribution in [0.25, 0.3) is 0 Å². The second kappa shape index (κ2) is 7.81. The molecular formula is C15H14N2O2S2. The summed E-state index contributed by atoms with van der Waals surface area (Å²) in [4.78, 5) is 15.8. The lowest BCUT2D eigenvalue weighted by atomic mass is 10.1. The lowest BCUT2D eigenvalue weighted by molar-refractivity contribution is -0.142. The van der Waals surface area contributed by atoms with Crippen LogP contribution in [0.4, 0.5) is 0 Å². The summed E-state index contributed by atoms with van der Waals surface area (Å²) in [7, 11) is 0. The molecule has 0 atom stereocenters. The Kier molecular flexibility index (Phi) is 5.78. The number of thiazole rings is 1. The van der Waals surface area contributed by atoms with Crippen molar-refractivity contribution >= 4 is 29.1 Å². The molecule has 2 aromatic rings. The van der Waals surface area contributed by atoms with Crippen LogP contribution >= 0.6 is 23.1 Å². The summed E-state index contributed by atoms with van der Waals surface area (Å²) in [6.45, 7) is 2.17. The van der Waals surface area contributed by atoms with Gasteiger partial charge in [0.25, 0.3) is 0 Å². The van der Waals surface area contributed by atoms with Gasteiger partial charge in [0.1, 0.15) is 4.34 Å². The smallest absolute Gasteiger partial charge is 0.311 e. The first kappa shape index (κ1) is 15.5. The van der Waals surface area contributed by atoms with Crippen molar-refractivity contribution in [2.75, 3.05) is 6.61 Å². The number of nitrogens with zero attached hydrogens (tertiary/aromatic N) is 2. The van der Waals surface area contributed by atoms with E-state index in [1.54, 1.807) is 18.7 Å². The van der Waals surface area contributed by atoms with E-state index in [1.165, 1.54) is 11.3 Å². The molecule has 0 aliphatic heterocycles. The number of aromatic nitrogens is 1. The van der Waals surface area contributed by atoms with E-state index in [0.717, 1.165) is 15.6 Å². The van der Waals surface area contributed by atoms with Crippen LogP contribution in [0.15, 0.2) is 34.0 Å². The Balaban J connectivity index is 1.94. The highest BCUT2D eigenvalue weighted by atomic mass is 32.2. The zero-order chi connectivity index (χ0) is 15.1. The highest BCUT2D eigenvalue weighted by Gasteiger charge is 2.09. The van der Waals surface area contributed by atoms with Gasteiger partial charge in [0.15, 0.2) is 0 Å². The molecule has 108 valence electrons. The topological polar surface area (TPSA) is 63.0 Å². The molecule has 1 aromatic heterocycles. The minimum Gasteiger partial charge on any atom is -0.466 e. The highest BCUT2D eigenvalue weighted by molar-refractivity contribution is 8.00. The summed E-state index contributed by atoms with van der Waals surface area (Å²) in [6.07, 6.45) is 0.208. The number of ether oxygens (including phenoxy) is 1. The van der Waals surface area contributed by atoms with Crippen molar-refractivity contribution in [3.05, 3.63) is 46.5 Å². The van der Waals surface area contributed by atoms with Crippen LogP contribution in [-0.4, -0.2) is 17.6 Å². The van der Waals surface area contributed by atoms with Gasteiger partial charge in [-0.3, -0.25) is 4.79 Å². The number of hydrogen-bond acceptors (Lipinski definition) is 6. The summed E-state index contributed by atoms with van der Waals surface area (Å²) in [5.41, 5.74) is 2.41. The van der Waals surface area contributed by atoms with E-state index < -0.39 is 0 Å². The molecule has 0 bridgehead atoms. The van der Waals surface area contributed by atoms with Crippen LogP contribution in [-0.2, 0) is 21.7 Å². The van der Waals surface area contributed by atoms with Crippen molar-refractivity contribution in [2.24, 2.45) is 0 Å². The van der Waals surface area contributed by atoms with Crippen LogP contribution in [0.5, 0.6) is 0 Å². The fraction of sp³-hybridized carbons (Fsp3) is 0.267. The normalized spacial score (nSPS) is 10.1. The number of esters is 1. The van der Waals surface area contributed by atoms with Crippen molar-refractivity contribution in [3.63, 3.8) is 0 Å². The van der Waals surface area contributed by atoms with Gasteiger partial charge in [0.2, 0.25) is 0 Å². The zero-order valence-electron chi connectivity index (χ0n) is 11.5. The Hall–Kier alpha value is -1.84. The molecule has 0 spiro atoms. The zero-order valence-corrected chi connectivity index (χ0v) is 13.2. The molecule has 1 heterocycles. The average Bonchev–Trinajstić information content (AvgIpc) is 2.93. The second-order valence-corrected chi connectivity index (χ2v) is 6.22. The van der Waals surface area contributed by atoms with Crippen LogP contribution in [0.1, 0.15) is 23.7 Å². The monoisotopic (exact) mass is 318 g/mol. The fourth-order valence-corrected chi connectivity index (χ4v) is 3.54. The third kappa shape index (κ3) is 4.59. The van der Waals surface area contributed by atoms with Gasteiger partial charge in [-0.1, -0.05) is 30.0 Å². The SMILES string of the molecule is CCOC(=O)Cc1csc(SCc2ccccc2C#N)n1. The van der Waals surface area contributed by atoms with E-state index in [9.17, 15) is 4.79 Å². The van der Waals surface area contributed by atoms with E-state index in [4.69, 9.17) is 10.00 Å². The van der Waals surface area contributed by atoms with Gasteiger partial charge in [0, 0.05) is 11.1 Å². The lowest BCUT2D eigenvalue weighted by Crippen LogP contribution is -2.07. The fourth-order valence-electron chi connectivity index (χ4n) is 1.69. The first-order valence-electron chi connectivity index (χ1n) is 6.43. The highest BCUT2D eigenvalue weighted by Crippen LogP contribution is 2.27. The molecule has 0 unspecified atom stereocenters. The van der Waals surface area contributed by atoms with Gasteiger partial charge < -0.3 is 4.74 Å². The number of nitriles is 1. The summed E-state index contributed by atoms with van der Waals surface area (Å²) in [5, 5.41) is 10.9. The van der Waals surface area contributed by atoms with Crippen LogP contribution in [0, 0.1) is 11.3 Å². The molecule has 0 aliphatic rings. The Morgan fingerprint density at radius 1 is 1.48 bits per heavy atom. The Labute approximate surface area is 131 Å². The largest absolute Gasteiger partial charge is 0.466 e. The standard InChI is InChI=1S/C15H14N2O2S2/c1-2-19-14(18)7-13-10-21-15(17-13)20-9-12-6-4-3-5-11(12)8-16/h3-6,10H,2,7,9H2,1H3. The molecule has 0 fully saturated rings. The molecule has 4 nitrogen and oxygen atoms in total. The van der Waals surface area contributed by atoms with Crippen molar-refractivity contribution < 1.29 is 9.53 Å². The molecule has 1 aromatic carbocycles. The van der Waals surface area contributed by atoms with Crippen molar-refractivity contribution in [1.29, 1.82) is 5.26 Å². The van der Waals surface area contributed by atoms with Crippen molar-refractivity contribution in [1.82, 2.24) is 4.98 Å². The van der Waals surface area contributed by atoms with E-state index in [-0.39, 0.29) is 12.4 Å². The Morgan fingerprint density at radius 3 is 3.05 bits per heavy atom. The first-order chi connectivity index (χ1) is 10.2. The van der Waals surface area contributed by atoms with Crippen LogP contribution < -0.4 is 0 Å². The maximum Gasteiger partial charge on any atom is 0.311 e. The van der Waals surface area contributed by atoms with Crippen molar-refractivity contribution in [2.45, 2.75) is 23.4 Å². The molecule has 0 saturated heterocycles. The third-order valence-corrected chi connectivity index (χ3v) is 4.77. The molecule has 0 radical (unpaired) electrons. The van der Waals surface area contributed by atoms with Gasteiger partial charge in [-0.15, -0.1) is 11.3 Å². The number of hydrogen-bond donors (Lipinski definition) is 0. The average molecular weight is 318 g/mol. The molecule has 0 amide bonds. The second-order valence-electron chi connectivity index (χ2n) is 4.14. The maximum absolute atomic E-state index is 11.4. The maximum atomic E-state index is 11.4. The number of rotatable bonds is 6. The van der Waals surface area contributed by atoms with E-state index in [2.05, 4.69) is 11.1 Å². The summed E-state index contributed by atoms with van der Waals surface area (Å²) in [6, 6.07) is 9.71. The van der Waals surface area contributed by atoms with Crippen LogP contribution in [0.2, 0.25) is 0 Å². The predicted molar refractivity (Wildman–Crippen MR) is 83.2 cm³/mol. The number of thioether (sulfide) groups is 1. The van der Waals surface area contributed by atoms with Gasteiger partial charge >= 0.3 is 5.97 Å². The molecule has 6 heteroatoms. The number of carbonyl (C=O) groups is 1. The van der Waals surface area contributed by atoms with Gasteiger partial charge in [0.05, 0.1) is 30.4 Å². The van der Waals surface area contributed by atoms with Gasteiger partial charge in [-0.2, -0.15) is 5.26 Å². The molecular weight excluding hydrogens is 304 g/mol. The molecule has 0 aliphatic carbocycles. The Morgan fingerprint density at radius 2 is 2.29 bits per heavy atom. The number of benzene rings is 1. The van der Waals surface area contributed by atoms with Gasteiger partial charge in [-0.05, 0) is 18.6 Å². The molecule has 0 N–H and O–H groups in total. The molecule has 0 saturated carbocycles. The predicted octanol–water partition coefficient (Wildman–Crippen LogP) is 3.41. The summed E-state index contributed by atoms with van der Waals surface area (Å²) >= 11 is 3.07. The minimum absolute atomic E-state index is 0.208. The van der Waals surface area contributed by atoms with Crippen LogP contribution in [0.3, 0.4) is 0 Å². The van der Waals surface area contributed by atoms with E-state index in [0.29, 0.717) is 17.9 Å². The minimum atomic E-state index is -0.255. The van der Waals surface area contributed by atoms with Gasteiger partial charge in [-0.25, -0.2) is 4.98 Å². The first-order valence-corrected chi connectivity index (χ1v) is 8.30. The lowest BCUT2D eigenvalue weighted by Gasteiger charge is -2.01. The van der Waals surface area contributed by atoms with E-state index >= 15 is 0 Å².